The Bertz CT molecular complexity index is 247. The molecule has 1 atom stereocenters. The number of Topliss-reactive ketones (excluding diaryl/α,β-unsaturated/α-hetero) is 1. The fraction of sp³-hybridized carbons (Fsp3) is 0.933. The van der Waals surface area contributed by atoms with Crippen LogP contribution in [0.3, 0.4) is 0 Å². The molecule has 0 aliphatic carbocycles. The number of hydrogen-bond donors (Lipinski definition) is 0. The Morgan fingerprint density at radius 1 is 1.35 bits per heavy atom. The van der Waals surface area contributed by atoms with Gasteiger partial charge in [-0.3, -0.25) is 9.69 Å². The molecule has 0 aromatic heterocycles. The van der Waals surface area contributed by atoms with Crippen molar-refractivity contribution in [2.75, 3.05) is 13.1 Å². The van der Waals surface area contributed by atoms with E-state index in [0.717, 1.165) is 25.9 Å². The molecule has 2 heteroatoms. The van der Waals surface area contributed by atoms with E-state index in [1.54, 1.807) is 0 Å². The minimum Gasteiger partial charge on any atom is -0.300 e. The van der Waals surface area contributed by atoms with Crippen LogP contribution in [0.2, 0.25) is 0 Å². The SMILES string of the molecule is CCCCCC(C)(C)CN1CCC(=O)CC1C. The van der Waals surface area contributed by atoms with Gasteiger partial charge >= 0.3 is 0 Å². The van der Waals surface area contributed by atoms with Crippen LogP contribution >= 0.6 is 0 Å². The Morgan fingerprint density at radius 2 is 2.06 bits per heavy atom. The zero-order chi connectivity index (χ0) is 12.9. The number of carbonyl (C=O) groups is 1. The Hall–Kier alpha value is -0.370. The molecule has 0 aromatic carbocycles. The summed E-state index contributed by atoms with van der Waals surface area (Å²) in [6.07, 6.45) is 6.80. The van der Waals surface area contributed by atoms with E-state index in [4.69, 9.17) is 0 Å². The van der Waals surface area contributed by atoms with Gasteiger partial charge in [0, 0.05) is 32.0 Å². The van der Waals surface area contributed by atoms with Crippen LogP contribution in [0, 0.1) is 5.41 Å². The molecule has 0 amide bonds. The topological polar surface area (TPSA) is 20.3 Å². The van der Waals surface area contributed by atoms with Crippen molar-refractivity contribution in [2.45, 2.75) is 72.3 Å². The van der Waals surface area contributed by atoms with Gasteiger partial charge in [-0.1, -0.05) is 40.0 Å². The third-order valence-corrected chi connectivity index (χ3v) is 3.91. The van der Waals surface area contributed by atoms with E-state index < -0.39 is 0 Å². The van der Waals surface area contributed by atoms with Crippen LogP contribution in [0.4, 0.5) is 0 Å². The fourth-order valence-corrected chi connectivity index (χ4v) is 2.77. The first kappa shape index (κ1) is 14.7. The van der Waals surface area contributed by atoms with E-state index in [1.807, 2.05) is 0 Å². The first-order chi connectivity index (χ1) is 7.94. The Morgan fingerprint density at radius 3 is 2.65 bits per heavy atom. The molecule has 100 valence electrons. The molecule has 1 unspecified atom stereocenters. The molecule has 0 N–H and O–H groups in total. The first-order valence-electron chi connectivity index (χ1n) is 7.20. The average Bonchev–Trinajstić information content (AvgIpc) is 2.22. The quantitative estimate of drug-likeness (QED) is 0.659. The van der Waals surface area contributed by atoms with Crippen molar-refractivity contribution < 1.29 is 4.79 Å². The summed E-state index contributed by atoms with van der Waals surface area (Å²) in [4.78, 5) is 13.9. The lowest BCUT2D eigenvalue weighted by Crippen LogP contribution is -2.45. The molecule has 1 aliphatic rings. The average molecular weight is 239 g/mol. The van der Waals surface area contributed by atoms with Gasteiger partial charge in [-0.05, 0) is 18.8 Å². The molecule has 0 radical (unpaired) electrons. The van der Waals surface area contributed by atoms with Crippen molar-refractivity contribution in [1.29, 1.82) is 0 Å². The van der Waals surface area contributed by atoms with Gasteiger partial charge in [0.25, 0.3) is 0 Å². The van der Waals surface area contributed by atoms with Crippen molar-refractivity contribution in [3.63, 3.8) is 0 Å². The van der Waals surface area contributed by atoms with Gasteiger partial charge in [-0.25, -0.2) is 0 Å². The van der Waals surface area contributed by atoms with Crippen molar-refractivity contribution in [3.8, 4) is 0 Å². The summed E-state index contributed by atoms with van der Waals surface area (Å²) >= 11 is 0. The van der Waals surface area contributed by atoms with Gasteiger partial charge in [-0.2, -0.15) is 0 Å². The number of nitrogens with zero attached hydrogens (tertiary/aromatic N) is 1. The smallest absolute Gasteiger partial charge is 0.135 e. The van der Waals surface area contributed by atoms with Crippen LogP contribution in [-0.4, -0.2) is 29.8 Å². The Labute approximate surface area is 107 Å². The molecule has 0 saturated carbocycles. The number of ketones is 1. The third kappa shape index (κ3) is 5.20. The van der Waals surface area contributed by atoms with Crippen LogP contribution in [0.5, 0.6) is 0 Å². The molecular formula is C15H29NO. The highest BCUT2D eigenvalue weighted by Crippen LogP contribution is 2.27. The first-order valence-corrected chi connectivity index (χ1v) is 7.20. The second-order valence-electron chi connectivity index (χ2n) is 6.43. The normalized spacial score (nSPS) is 23.1. The molecule has 1 rings (SSSR count). The maximum Gasteiger partial charge on any atom is 0.135 e. The molecular weight excluding hydrogens is 210 g/mol. The molecule has 17 heavy (non-hydrogen) atoms. The van der Waals surface area contributed by atoms with Crippen LogP contribution in [0.15, 0.2) is 0 Å². The second-order valence-corrected chi connectivity index (χ2v) is 6.43. The van der Waals surface area contributed by atoms with E-state index in [0.29, 0.717) is 17.2 Å². The van der Waals surface area contributed by atoms with Crippen LogP contribution in [-0.2, 0) is 4.79 Å². The number of rotatable bonds is 6. The largest absolute Gasteiger partial charge is 0.300 e. The number of likely N-dealkylation sites (tertiary alicyclic amines) is 1. The van der Waals surface area contributed by atoms with Crippen LogP contribution < -0.4 is 0 Å². The van der Waals surface area contributed by atoms with Gasteiger partial charge in [0.15, 0.2) is 0 Å². The van der Waals surface area contributed by atoms with Crippen molar-refractivity contribution in [3.05, 3.63) is 0 Å². The summed E-state index contributed by atoms with van der Waals surface area (Å²) in [7, 11) is 0. The number of hydrogen-bond acceptors (Lipinski definition) is 2. The summed E-state index contributed by atoms with van der Waals surface area (Å²) in [6, 6.07) is 0.446. The van der Waals surface area contributed by atoms with E-state index >= 15 is 0 Å². The number of unbranched alkanes of at least 4 members (excludes halogenated alkanes) is 2. The summed E-state index contributed by atoms with van der Waals surface area (Å²) < 4.78 is 0. The van der Waals surface area contributed by atoms with Crippen molar-refractivity contribution >= 4 is 5.78 Å². The minimum absolute atomic E-state index is 0.393. The lowest BCUT2D eigenvalue weighted by molar-refractivity contribution is -0.123. The van der Waals surface area contributed by atoms with E-state index in [9.17, 15) is 4.79 Å². The second kappa shape index (κ2) is 6.53. The molecule has 1 aliphatic heterocycles. The van der Waals surface area contributed by atoms with Crippen LogP contribution in [0.25, 0.3) is 0 Å². The standard InChI is InChI=1S/C15H29NO/c1-5-6-7-9-15(3,4)12-16-10-8-14(17)11-13(16)2/h13H,5-12H2,1-4H3. The molecule has 1 fully saturated rings. The molecule has 0 aromatic rings. The maximum atomic E-state index is 11.4. The van der Waals surface area contributed by atoms with E-state index in [1.165, 1.54) is 25.7 Å². The lowest BCUT2D eigenvalue weighted by Gasteiger charge is -2.38. The van der Waals surface area contributed by atoms with Gasteiger partial charge in [0.2, 0.25) is 0 Å². The highest BCUT2D eigenvalue weighted by atomic mass is 16.1. The lowest BCUT2D eigenvalue weighted by atomic mass is 9.85. The maximum absolute atomic E-state index is 11.4. The highest BCUT2D eigenvalue weighted by molar-refractivity contribution is 5.79. The van der Waals surface area contributed by atoms with Gasteiger partial charge in [0.1, 0.15) is 5.78 Å². The zero-order valence-electron chi connectivity index (χ0n) is 12.1. The highest BCUT2D eigenvalue weighted by Gasteiger charge is 2.28. The van der Waals surface area contributed by atoms with Crippen molar-refractivity contribution in [2.24, 2.45) is 5.41 Å². The molecule has 2 nitrogen and oxygen atoms in total. The number of carbonyl (C=O) groups excluding carboxylic acids is 1. The fourth-order valence-electron chi connectivity index (χ4n) is 2.77. The van der Waals surface area contributed by atoms with Gasteiger partial charge in [-0.15, -0.1) is 0 Å². The van der Waals surface area contributed by atoms with E-state index in [-0.39, 0.29) is 0 Å². The third-order valence-electron chi connectivity index (χ3n) is 3.91. The molecule has 0 spiro atoms. The summed E-state index contributed by atoms with van der Waals surface area (Å²) in [5.41, 5.74) is 0.393. The van der Waals surface area contributed by atoms with E-state index in [2.05, 4.69) is 32.6 Å². The van der Waals surface area contributed by atoms with Gasteiger partial charge < -0.3 is 0 Å². The summed E-state index contributed by atoms with van der Waals surface area (Å²) in [6.45, 7) is 11.3. The number of piperidine rings is 1. The Kier molecular flexibility index (Phi) is 5.64. The Balaban J connectivity index is 2.38. The molecule has 1 saturated heterocycles. The molecule has 0 bridgehead atoms. The monoisotopic (exact) mass is 239 g/mol. The van der Waals surface area contributed by atoms with Crippen LogP contribution in [0.1, 0.15) is 66.2 Å². The van der Waals surface area contributed by atoms with Gasteiger partial charge in [0.05, 0.1) is 0 Å². The minimum atomic E-state index is 0.393. The summed E-state index contributed by atoms with van der Waals surface area (Å²) in [5.74, 6) is 0.442. The molecule has 1 heterocycles. The van der Waals surface area contributed by atoms with Crippen molar-refractivity contribution in [1.82, 2.24) is 4.90 Å². The predicted molar refractivity (Wildman–Crippen MR) is 73.2 cm³/mol. The predicted octanol–water partition coefficient (Wildman–Crippen LogP) is 3.65. The summed E-state index contributed by atoms with van der Waals surface area (Å²) in [5, 5.41) is 0. The zero-order valence-corrected chi connectivity index (χ0v) is 12.1.